The third-order valence-corrected chi connectivity index (χ3v) is 5.84. The number of nitrogens with one attached hydrogen (secondary N) is 2. The Morgan fingerprint density at radius 2 is 1.67 bits per heavy atom. The molecule has 0 fully saturated rings. The zero-order chi connectivity index (χ0) is 23.4. The van der Waals surface area contributed by atoms with E-state index >= 15 is 0 Å². The third kappa shape index (κ3) is 5.41. The first-order valence-electron chi connectivity index (χ1n) is 10.7. The molecule has 3 aromatic rings. The molecule has 3 aromatic carbocycles. The summed E-state index contributed by atoms with van der Waals surface area (Å²) in [5.74, 6) is -0.545. The molecule has 2 N–H and O–H groups in total. The van der Waals surface area contributed by atoms with Gasteiger partial charge in [0.05, 0.1) is 12.5 Å². The highest BCUT2D eigenvalue weighted by Crippen LogP contribution is 2.29. The molecular weight excluding hydrogens is 438 g/mol. The number of carbonyl (C=O) groups excluding carboxylic acids is 3. The molecule has 4 rings (SSSR count). The number of hydrogen-bond donors (Lipinski definition) is 2. The van der Waals surface area contributed by atoms with Gasteiger partial charge in [-0.1, -0.05) is 41.9 Å². The molecule has 0 bridgehead atoms. The fraction of sp³-hybridized carbons (Fsp3) is 0.192. The van der Waals surface area contributed by atoms with E-state index < -0.39 is 6.04 Å². The van der Waals surface area contributed by atoms with Crippen LogP contribution in [-0.2, 0) is 16.0 Å². The molecule has 1 atom stereocenters. The zero-order valence-corrected chi connectivity index (χ0v) is 18.9. The molecule has 3 amide bonds. The van der Waals surface area contributed by atoms with Crippen LogP contribution in [0.4, 0.5) is 11.4 Å². The monoisotopic (exact) mass is 461 g/mol. The highest BCUT2D eigenvalue weighted by atomic mass is 35.5. The molecule has 0 aliphatic carbocycles. The van der Waals surface area contributed by atoms with Gasteiger partial charge in [0.1, 0.15) is 0 Å². The first-order chi connectivity index (χ1) is 15.9. The number of halogens is 1. The summed E-state index contributed by atoms with van der Waals surface area (Å²) < 4.78 is 0. The summed E-state index contributed by atoms with van der Waals surface area (Å²) in [5, 5.41) is 6.22. The minimum atomic E-state index is -0.476. The van der Waals surface area contributed by atoms with Crippen LogP contribution in [0.15, 0.2) is 72.8 Å². The number of fused-ring (bicyclic) bond motifs is 1. The van der Waals surface area contributed by atoms with Crippen LogP contribution >= 0.6 is 11.6 Å². The van der Waals surface area contributed by atoms with Crippen LogP contribution in [0, 0.1) is 0 Å². The van der Waals surface area contributed by atoms with E-state index in [1.54, 1.807) is 53.4 Å². The second-order valence-corrected chi connectivity index (χ2v) is 8.41. The van der Waals surface area contributed by atoms with Crippen molar-refractivity contribution in [2.75, 3.05) is 16.8 Å². The van der Waals surface area contributed by atoms with Crippen molar-refractivity contribution in [2.45, 2.75) is 25.8 Å². The maximum Gasteiger partial charge on any atom is 0.258 e. The number of anilines is 2. The van der Waals surface area contributed by atoms with Crippen LogP contribution in [0.5, 0.6) is 0 Å². The van der Waals surface area contributed by atoms with Crippen LogP contribution in [0.1, 0.15) is 40.9 Å². The Hall–Kier alpha value is -3.64. The molecule has 0 aromatic heterocycles. The van der Waals surface area contributed by atoms with Crippen LogP contribution in [-0.4, -0.2) is 24.3 Å². The molecule has 168 valence electrons. The van der Waals surface area contributed by atoms with Gasteiger partial charge in [0.2, 0.25) is 11.8 Å². The van der Waals surface area contributed by atoms with Crippen molar-refractivity contribution in [3.05, 3.63) is 94.5 Å². The summed E-state index contributed by atoms with van der Waals surface area (Å²) in [7, 11) is 0. The highest BCUT2D eigenvalue weighted by molar-refractivity contribution is 6.30. The lowest BCUT2D eigenvalue weighted by atomic mass is 10.0. The van der Waals surface area contributed by atoms with Gasteiger partial charge in [0, 0.05) is 35.4 Å². The van der Waals surface area contributed by atoms with Gasteiger partial charge in [-0.15, -0.1) is 0 Å². The third-order valence-electron chi connectivity index (χ3n) is 5.59. The number of hydrogen-bond acceptors (Lipinski definition) is 3. The van der Waals surface area contributed by atoms with E-state index in [0.717, 1.165) is 17.7 Å². The molecule has 1 aliphatic heterocycles. The van der Waals surface area contributed by atoms with E-state index in [9.17, 15) is 14.4 Å². The zero-order valence-electron chi connectivity index (χ0n) is 18.2. The molecule has 0 spiro atoms. The minimum Gasteiger partial charge on any atom is -0.349 e. The summed E-state index contributed by atoms with van der Waals surface area (Å²) in [4.78, 5) is 39.0. The lowest BCUT2D eigenvalue weighted by molar-refractivity contribution is -0.120. The highest BCUT2D eigenvalue weighted by Gasteiger charge is 2.25. The Bertz CT molecular complexity index is 1180. The van der Waals surface area contributed by atoms with Crippen LogP contribution in [0.3, 0.4) is 0 Å². The number of amides is 3. The van der Waals surface area contributed by atoms with Gasteiger partial charge in [-0.2, -0.15) is 0 Å². The van der Waals surface area contributed by atoms with E-state index in [0.29, 0.717) is 22.8 Å². The van der Waals surface area contributed by atoms with Crippen molar-refractivity contribution in [2.24, 2.45) is 0 Å². The number of benzene rings is 3. The van der Waals surface area contributed by atoms with Crippen LogP contribution in [0.25, 0.3) is 0 Å². The van der Waals surface area contributed by atoms with Crippen molar-refractivity contribution in [3.8, 4) is 0 Å². The molecule has 1 heterocycles. The molecule has 1 aliphatic rings. The maximum absolute atomic E-state index is 13.0. The van der Waals surface area contributed by atoms with Crippen molar-refractivity contribution in [1.29, 1.82) is 0 Å². The molecule has 0 radical (unpaired) electrons. The molecule has 6 nitrogen and oxygen atoms in total. The Morgan fingerprint density at radius 1 is 0.970 bits per heavy atom. The number of para-hydroxylation sites is 1. The van der Waals surface area contributed by atoms with Crippen molar-refractivity contribution in [1.82, 2.24) is 5.32 Å². The first-order valence-corrected chi connectivity index (χ1v) is 11.1. The Kier molecular flexibility index (Phi) is 6.75. The largest absolute Gasteiger partial charge is 0.349 e. The second-order valence-electron chi connectivity index (χ2n) is 7.97. The average Bonchev–Trinajstić information content (AvgIpc) is 3.23. The van der Waals surface area contributed by atoms with Gasteiger partial charge in [0.15, 0.2) is 0 Å². The van der Waals surface area contributed by atoms with Gasteiger partial charge in [-0.25, -0.2) is 0 Å². The Morgan fingerprint density at radius 3 is 2.36 bits per heavy atom. The van der Waals surface area contributed by atoms with Gasteiger partial charge in [-0.05, 0) is 60.0 Å². The smallest absolute Gasteiger partial charge is 0.258 e. The van der Waals surface area contributed by atoms with E-state index in [1.165, 1.54) is 12.5 Å². The summed E-state index contributed by atoms with van der Waals surface area (Å²) in [6.07, 6.45) is 0.908. The van der Waals surface area contributed by atoms with Gasteiger partial charge >= 0.3 is 0 Å². The van der Waals surface area contributed by atoms with E-state index in [2.05, 4.69) is 10.6 Å². The number of rotatable bonds is 6. The SMILES string of the molecule is CC(=O)NC(CC(=O)Nc1ccc(C(=O)N2CCc3ccccc32)cc1)c1ccc(Cl)cc1. The van der Waals surface area contributed by atoms with Crippen LogP contribution < -0.4 is 15.5 Å². The normalized spacial score (nSPS) is 13.2. The maximum atomic E-state index is 13.0. The molecule has 33 heavy (non-hydrogen) atoms. The number of carbonyl (C=O) groups is 3. The summed E-state index contributed by atoms with van der Waals surface area (Å²) in [6, 6.07) is 21.3. The quantitative estimate of drug-likeness (QED) is 0.556. The first kappa shape index (κ1) is 22.6. The van der Waals surface area contributed by atoms with E-state index in [1.807, 2.05) is 24.3 Å². The van der Waals surface area contributed by atoms with Gasteiger partial charge in [-0.3, -0.25) is 14.4 Å². The van der Waals surface area contributed by atoms with E-state index in [-0.39, 0.29) is 24.1 Å². The van der Waals surface area contributed by atoms with Crippen LogP contribution in [0.2, 0.25) is 5.02 Å². The van der Waals surface area contributed by atoms with E-state index in [4.69, 9.17) is 11.6 Å². The molecule has 0 saturated heterocycles. The lowest BCUT2D eigenvalue weighted by Crippen LogP contribution is -2.30. The second kappa shape index (κ2) is 9.88. The average molecular weight is 462 g/mol. The van der Waals surface area contributed by atoms with Gasteiger partial charge in [0.25, 0.3) is 5.91 Å². The van der Waals surface area contributed by atoms with Gasteiger partial charge < -0.3 is 15.5 Å². The summed E-state index contributed by atoms with van der Waals surface area (Å²) in [6.45, 7) is 2.07. The molecular formula is C26H24ClN3O3. The predicted octanol–water partition coefficient (Wildman–Crippen LogP) is 4.75. The Labute approximate surface area is 197 Å². The molecule has 1 unspecified atom stereocenters. The Balaban J connectivity index is 1.41. The molecule has 0 saturated carbocycles. The summed E-state index contributed by atoms with van der Waals surface area (Å²) in [5.41, 5.74) is 4.05. The standard InChI is InChI=1S/C26H24ClN3O3/c1-17(31)28-23(18-6-10-21(27)11-7-18)16-25(32)29-22-12-8-20(9-13-22)26(33)30-15-14-19-4-2-3-5-24(19)30/h2-13,23H,14-16H2,1H3,(H,28,31)(H,29,32). The minimum absolute atomic E-state index is 0.0620. The van der Waals surface area contributed by atoms with Crippen molar-refractivity contribution >= 4 is 40.7 Å². The molecule has 7 heteroatoms. The lowest BCUT2D eigenvalue weighted by Gasteiger charge is -2.19. The summed E-state index contributed by atoms with van der Waals surface area (Å²) >= 11 is 5.94. The number of nitrogens with zero attached hydrogens (tertiary/aromatic N) is 1. The van der Waals surface area contributed by atoms with Crippen molar-refractivity contribution < 1.29 is 14.4 Å². The van der Waals surface area contributed by atoms with Crippen molar-refractivity contribution in [3.63, 3.8) is 0 Å². The fourth-order valence-corrected chi connectivity index (χ4v) is 4.12. The predicted molar refractivity (Wildman–Crippen MR) is 130 cm³/mol. The topological polar surface area (TPSA) is 78.5 Å². The fourth-order valence-electron chi connectivity index (χ4n) is 3.99.